The van der Waals surface area contributed by atoms with Crippen LogP contribution in [-0.4, -0.2) is 18.8 Å². The second-order valence-electron chi connectivity index (χ2n) is 5.39. The largest absolute Gasteiger partial charge is 0.496 e. The van der Waals surface area contributed by atoms with Crippen LogP contribution in [0, 0.1) is 20.8 Å². The van der Waals surface area contributed by atoms with Gasteiger partial charge in [0.15, 0.2) is 0 Å². The van der Waals surface area contributed by atoms with Crippen molar-refractivity contribution in [1.29, 1.82) is 0 Å². The van der Waals surface area contributed by atoms with E-state index in [1.54, 1.807) is 7.11 Å². The first-order valence-corrected chi connectivity index (χ1v) is 6.81. The van der Waals surface area contributed by atoms with Crippen LogP contribution in [0.5, 0.6) is 5.75 Å². The smallest absolute Gasteiger partial charge is 0.126 e. The quantitative estimate of drug-likeness (QED) is 0.906. The molecule has 18 heavy (non-hydrogen) atoms. The third-order valence-electron chi connectivity index (χ3n) is 4.51. The first kappa shape index (κ1) is 13.7. The number of aliphatic hydroxyl groups excluding tert-OH is 1. The van der Waals surface area contributed by atoms with E-state index in [1.807, 2.05) is 20.8 Å². The van der Waals surface area contributed by atoms with E-state index in [2.05, 4.69) is 0 Å². The number of rotatable bonds is 3. The van der Waals surface area contributed by atoms with E-state index in [-0.39, 0.29) is 12.0 Å². The molecule has 1 fully saturated rings. The van der Waals surface area contributed by atoms with Gasteiger partial charge in [-0.05, 0) is 50.3 Å². The van der Waals surface area contributed by atoms with Gasteiger partial charge in [0.1, 0.15) is 5.75 Å². The summed E-state index contributed by atoms with van der Waals surface area (Å²) in [6, 6.07) is 0. The maximum absolute atomic E-state index is 9.79. The summed E-state index contributed by atoms with van der Waals surface area (Å²) in [5.74, 6) is 0.906. The highest BCUT2D eigenvalue weighted by Gasteiger charge is 2.42. The van der Waals surface area contributed by atoms with Crippen molar-refractivity contribution in [1.82, 2.24) is 0 Å². The molecular weight excluding hydrogens is 248 g/mol. The van der Waals surface area contributed by atoms with Crippen LogP contribution in [-0.2, 0) is 5.41 Å². The molecule has 0 atom stereocenters. The molecule has 0 amide bonds. The number of ether oxygens (including phenoxy) is 1. The van der Waals surface area contributed by atoms with Crippen molar-refractivity contribution in [3.05, 3.63) is 27.3 Å². The molecule has 3 heteroatoms. The zero-order chi connectivity index (χ0) is 13.5. The van der Waals surface area contributed by atoms with E-state index >= 15 is 0 Å². The van der Waals surface area contributed by atoms with E-state index in [0.29, 0.717) is 0 Å². The molecule has 0 aromatic heterocycles. The second-order valence-corrected chi connectivity index (χ2v) is 5.77. The van der Waals surface area contributed by atoms with E-state index in [4.69, 9.17) is 16.3 Å². The van der Waals surface area contributed by atoms with Crippen molar-refractivity contribution in [2.45, 2.75) is 45.4 Å². The lowest BCUT2D eigenvalue weighted by Gasteiger charge is -2.43. The van der Waals surface area contributed by atoms with Crippen LogP contribution in [0.3, 0.4) is 0 Å². The maximum Gasteiger partial charge on any atom is 0.126 e. The Balaban J connectivity index is 2.73. The summed E-state index contributed by atoms with van der Waals surface area (Å²) in [6.45, 7) is 6.25. The SMILES string of the molecule is COc1c(C)c(C)c(Cl)c(C)c1C1(CO)CCC1. The Morgan fingerprint density at radius 3 is 2.17 bits per heavy atom. The highest BCUT2D eigenvalue weighted by atomic mass is 35.5. The van der Waals surface area contributed by atoms with Crippen molar-refractivity contribution in [2.75, 3.05) is 13.7 Å². The number of halogens is 1. The van der Waals surface area contributed by atoms with E-state index in [1.165, 1.54) is 0 Å². The Kier molecular flexibility index (Phi) is 3.61. The molecule has 1 aromatic rings. The summed E-state index contributed by atoms with van der Waals surface area (Å²) >= 11 is 6.42. The van der Waals surface area contributed by atoms with Gasteiger partial charge in [-0.2, -0.15) is 0 Å². The fourth-order valence-corrected chi connectivity index (χ4v) is 3.30. The van der Waals surface area contributed by atoms with Gasteiger partial charge in [-0.15, -0.1) is 0 Å². The molecule has 1 saturated carbocycles. The van der Waals surface area contributed by atoms with Crippen LogP contribution in [0.15, 0.2) is 0 Å². The molecule has 1 aliphatic carbocycles. The van der Waals surface area contributed by atoms with Crippen molar-refractivity contribution in [3.8, 4) is 5.75 Å². The molecule has 100 valence electrons. The van der Waals surface area contributed by atoms with E-state index in [9.17, 15) is 5.11 Å². The Morgan fingerprint density at radius 2 is 1.78 bits per heavy atom. The van der Waals surface area contributed by atoms with Gasteiger partial charge in [-0.25, -0.2) is 0 Å². The third-order valence-corrected chi connectivity index (χ3v) is 5.08. The minimum Gasteiger partial charge on any atom is -0.496 e. The minimum atomic E-state index is -0.141. The Hall–Kier alpha value is -0.730. The van der Waals surface area contributed by atoms with E-state index in [0.717, 1.165) is 52.3 Å². The molecule has 1 aliphatic rings. The highest BCUT2D eigenvalue weighted by Crippen LogP contribution is 2.51. The Bertz CT molecular complexity index is 471. The summed E-state index contributed by atoms with van der Waals surface area (Å²) in [6.07, 6.45) is 3.19. The molecule has 0 spiro atoms. The van der Waals surface area contributed by atoms with E-state index < -0.39 is 0 Å². The lowest BCUT2D eigenvalue weighted by atomic mass is 9.63. The fraction of sp³-hybridized carbons (Fsp3) is 0.600. The standard InChI is InChI=1S/C15H21ClO2/c1-9-10(2)14(18-4)12(11(3)13(9)16)15(8-17)6-5-7-15/h17H,5-8H2,1-4H3. The summed E-state index contributed by atoms with van der Waals surface area (Å²) in [7, 11) is 1.70. The van der Waals surface area contributed by atoms with Gasteiger partial charge in [-0.1, -0.05) is 18.0 Å². The zero-order valence-electron chi connectivity index (χ0n) is 11.6. The van der Waals surface area contributed by atoms with Crippen LogP contribution in [0.1, 0.15) is 41.5 Å². The van der Waals surface area contributed by atoms with Gasteiger partial charge in [-0.3, -0.25) is 0 Å². The number of methoxy groups -OCH3 is 1. The number of benzene rings is 1. The summed E-state index contributed by atoms with van der Waals surface area (Å²) in [5, 5.41) is 10.6. The molecule has 0 unspecified atom stereocenters. The molecule has 0 saturated heterocycles. The van der Waals surface area contributed by atoms with Gasteiger partial charge < -0.3 is 9.84 Å². The monoisotopic (exact) mass is 268 g/mol. The lowest BCUT2D eigenvalue weighted by Crippen LogP contribution is -2.39. The van der Waals surface area contributed by atoms with Crippen LogP contribution in [0.25, 0.3) is 0 Å². The number of hydrogen-bond donors (Lipinski definition) is 1. The second kappa shape index (κ2) is 4.75. The first-order chi connectivity index (χ1) is 8.48. The topological polar surface area (TPSA) is 29.5 Å². The predicted molar refractivity (Wildman–Crippen MR) is 74.8 cm³/mol. The van der Waals surface area contributed by atoms with Crippen molar-refractivity contribution in [3.63, 3.8) is 0 Å². The van der Waals surface area contributed by atoms with Crippen LogP contribution in [0.2, 0.25) is 5.02 Å². The average molecular weight is 269 g/mol. The van der Waals surface area contributed by atoms with Gasteiger partial charge in [0.25, 0.3) is 0 Å². The fourth-order valence-electron chi connectivity index (χ4n) is 3.07. The highest BCUT2D eigenvalue weighted by molar-refractivity contribution is 6.32. The molecule has 0 heterocycles. The van der Waals surface area contributed by atoms with Crippen molar-refractivity contribution in [2.24, 2.45) is 0 Å². The molecule has 2 nitrogen and oxygen atoms in total. The van der Waals surface area contributed by atoms with Gasteiger partial charge >= 0.3 is 0 Å². The lowest BCUT2D eigenvalue weighted by molar-refractivity contribution is 0.116. The van der Waals surface area contributed by atoms with Crippen molar-refractivity contribution >= 4 is 11.6 Å². The van der Waals surface area contributed by atoms with Crippen molar-refractivity contribution < 1.29 is 9.84 Å². The van der Waals surface area contributed by atoms with Crippen LogP contribution in [0.4, 0.5) is 0 Å². The molecule has 1 aromatic carbocycles. The van der Waals surface area contributed by atoms with Gasteiger partial charge in [0.05, 0.1) is 13.7 Å². The maximum atomic E-state index is 9.79. The molecular formula is C15H21ClO2. The minimum absolute atomic E-state index is 0.141. The predicted octanol–water partition coefficient (Wildman–Crippen LogP) is 3.69. The Morgan fingerprint density at radius 1 is 1.17 bits per heavy atom. The van der Waals surface area contributed by atoms with Crippen LogP contribution < -0.4 is 4.74 Å². The molecule has 0 bridgehead atoms. The molecule has 0 radical (unpaired) electrons. The molecule has 0 aliphatic heterocycles. The zero-order valence-corrected chi connectivity index (χ0v) is 12.3. The normalized spacial score (nSPS) is 17.4. The summed E-state index contributed by atoms with van der Waals surface area (Å²) < 4.78 is 5.61. The summed E-state index contributed by atoms with van der Waals surface area (Å²) in [4.78, 5) is 0. The number of aliphatic hydroxyl groups is 1. The molecule has 2 rings (SSSR count). The summed E-state index contributed by atoms with van der Waals surface area (Å²) in [5.41, 5.74) is 4.19. The third kappa shape index (κ3) is 1.74. The van der Waals surface area contributed by atoms with Gasteiger partial charge in [0, 0.05) is 16.0 Å². The molecule has 1 N–H and O–H groups in total. The van der Waals surface area contributed by atoms with Crippen LogP contribution >= 0.6 is 11.6 Å². The Labute approximate surface area is 114 Å². The van der Waals surface area contributed by atoms with Gasteiger partial charge in [0.2, 0.25) is 0 Å². The first-order valence-electron chi connectivity index (χ1n) is 6.43. The number of hydrogen-bond acceptors (Lipinski definition) is 2. The average Bonchev–Trinajstić information content (AvgIpc) is 2.32.